The topological polar surface area (TPSA) is 15.8 Å². The third kappa shape index (κ3) is 2.18. The van der Waals surface area contributed by atoms with E-state index in [0.717, 1.165) is 0 Å². The summed E-state index contributed by atoms with van der Waals surface area (Å²) < 4.78 is 0. The molecule has 0 spiro atoms. The van der Waals surface area contributed by atoms with Gasteiger partial charge in [-0.2, -0.15) is 0 Å². The van der Waals surface area contributed by atoms with Crippen molar-refractivity contribution in [3.63, 3.8) is 0 Å². The van der Waals surface area contributed by atoms with Crippen molar-refractivity contribution < 1.29 is 0 Å². The minimum absolute atomic E-state index is 0.426. The molecule has 0 saturated carbocycles. The summed E-state index contributed by atoms with van der Waals surface area (Å²) >= 11 is 3.84. The maximum absolute atomic E-state index is 3.84. The number of alkyl halides is 1. The summed E-state index contributed by atoms with van der Waals surface area (Å²) in [5.41, 5.74) is 3.80. The molecule has 0 aliphatic heterocycles. The highest BCUT2D eigenvalue weighted by Gasteiger charge is 2.15. The van der Waals surface area contributed by atoms with Crippen molar-refractivity contribution in [3.05, 3.63) is 48.0 Å². The van der Waals surface area contributed by atoms with Crippen molar-refractivity contribution in [3.8, 4) is 0 Å². The van der Waals surface area contributed by atoms with E-state index in [1.807, 2.05) is 0 Å². The Morgan fingerprint density at radius 1 is 1.05 bits per heavy atom. The van der Waals surface area contributed by atoms with E-state index in [-0.39, 0.29) is 0 Å². The first-order chi connectivity index (χ1) is 9.20. The van der Waals surface area contributed by atoms with Crippen molar-refractivity contribution in [2.75, 3.05) is 0 Å². The molecule has 0 saturated heterocycles. The van der Waals surface area contributed by atoms with Crippen LogP contribution in [-0.2, 0) is 0 Å². The predicted octanol–water partition coefficient (Wildman–Crippen LogP) is 5.80. The second-order valence-corrected chi connectivity index (χ2v) is 6.25. The molecule has 0 radical (unpaired) electrons. The van der Waals surface area contributed by atoms with Gasteiger partial charge in [0.2, 0.25) is 0 Å². The number of rotatable bonds is 3. The molecule has 1 nitrogen and oxygen atoms in total. The lowest BCUT2D eigenvalue weighted by Crippen LogP contribution is -2.01. The van der Waals surface area contributed by atoms with Gasteiger partial charge in [0.25, 0.3) is 0 Å². The Morgan fingerprint density at radius 3 is 2.58 bits per heavy atom. The summed E-state index contributed by atoms with van der Waals surface area (Å²) in [4.78, 5) is 3.90. The highest BCUT2D eigenvalue weighted by atomic mass is 79.9. The summed E-state index contributed by atoms with van der Waals surface area (Å²) in [5.74, 6) is 0.641. The molecule has 2 atom stereocenters. The summed E-state index contributed by atoms with van der Waals surface area (Å²) in [6.07, 6.45) is 1.18. The molecule has 0 aliphatic rings. The highest BCUT2D eigenvalue weighted by Crippen LogP contribution is 2.35. The molecular formula is C17H18BrN. The van der Waals surface area contributed by atoms with Crippen LogP contribution in [-0.4, -0.2) is 4.98 Å². The van der Waals surface area contributed by atoms with Gasteiger partial charge < -0.3 is 4.98 Å². The second kappa shape index (κ2) is 5.01. The lowest BCUT2D eigenvalue weighted by Gasteiger charge is -2.17. The van der Waals surface area contributed by atoms with E-state index >= 15 is 0 Å². The van der Waals surface area contributed by atoms with E-state index < -0.39 is 0 Å². The SMILES string of the molecule is CCC(C)C(Br)c1ccc2[nH]c3ccccc3c2c1. The Morgan fingerprint density at radius 2 is 1.79 bits per heavy atom. The van der Waals surface area contributed by atoms with Crippen LogP contribution in [0, 0.1) is 5.92 Å². The number of benzene rings is 2. The molecule has 19 heavy (non-hydrogen) atoms. The van der Waals surface area contributed by atoms with Crippen molar-refractivity contribution in [2.45, 2.75) is 25.1 Å². The predicted molar refractivity (Wildman–Crippen MR) is 86.9 cm³/mol. The number of para-hydroxylation sites is 1. The van der Waals surface area contributed by atoms with Crippen LogP contribution >= 0.6 is 15.9 Å². The quantitative estimate of drug-likeness (QED) is 0.587. The van der Waals surface area contributed by atoms with E-state index in [9.17, 15) is 0 Å². The van der Waals surface area contributed by atoms with E-state index in [1.165, 1.54) is 33.8 Å². The normalized spacial score (nSPS) is 14.9. The first-order valence-electron chi connectivity index (χ1n) is 6.85. The minimum Gasteiger partial charge on any atom is -0.355 e. The fourth-order valence-electron chi connectivity index (χ4n) is 2.57. The van der Waals surface area contributed by atoms with Crippen LogP contribution < -0.4 is 0 Å². The average molecular weight is 316 g/mol. The smallest absolute Gasteiger partial charge is 0.0465 e. The molecule has 0 amide bonds. The molecule has 2 unspecified atom stereocenters. The van der Waals surface area contributed by atoms with Crippen LogP contribution in [0.2, 0.25) is 0 Å². The number of hydrogen-bond acceptors (Lipinski definition) is 0. The maximum Gasteiger partial charge on any atom is 0.0465 e. The average Bonchev–Trinajstić information content (AvgIpc) is 2.83. The Balaban J connectivity index is 2.16. The summed E-state index contributed by atoms with van der Waals surface area (Å²) in [7, 11) is 0. The minimum atomic E-state index is 0.426. The molecule has 2 heteroatoms. The van der Waals surface area contributed by atoms with Crippen molar-refractivity contribution in [1.29, 1.82) is 0 Å². The Bertz CT molecular complexity index is 713. The van der Waals surface area contributed by atoms with E-state index in [4.69, 9.17) is 0 Å². The Labute approximate surface area is 122 Å². The number of aromatic amines is 1. The standard InChI is InChI=1S/C17H18BrN/c1-3-11(2)17(18)12-8-9-16-14(10-12)13-6-4-5-7-15(13)19-16/h4-11,17,19H,3H2,1-2H3. The van der Waals surface area contributed by atoms with Gasteiger partial charge in [0.05, 0.1) is 0 Å². The summed E-state index contributed by atoms with van der Waals surface area (Å²) in [6.45, 7) is 4.53. The van der Waals surface area contributed by atoms with Gasteiger partial charge in [-0.15, -0.1) is 0 Å². The van der Waals surface area contributed by atoms with Gasteiger partial charge in [0, 0.05) is 26.6 Å². The van der Waals surface area contributed by atoms with Crippen LogP contribution in [0.3, 0.4) is 0 Å². The van der Waals surface area contributed by atoms with E-state index in [2.05, 4.69) is 77.2 Å². The summed E-state index contributed by atoms with van der Waals surface area (Å²) in [5, 5.41) is 2.63. The molecule has 3 aromatic rings. The second-order valence-electron chi connectivity index (χ2n) is 5.26. The molecule has 0 bridgehead atoms. The molecule has 1 aromatic heterocycles. The van der Waals surface area contributed by atoms with Crippen LogP contribution in [0.4, 0.5) is 0 Å². The van der Waals surface area contributed by atoms with Gasteiger partial charge >= 0.3 is 0 Å². The first kappa shape index (κ1) is 12.7. The number of halogens is 1. The van der Waals surface area contributed by atoms with Crippen molar-refractivity contribution in [1.82, 2.24) is 4.98 Å². The zero-order valence-electron chi connectivity index (χ0n) is 11.3. The van der Waals surface area contributed by atoms with Gasteiger partial charge in [-0.3, -0.25) is 0 Å². The molecule has 98 valence electrons. The molecule has 1 N–H and O–H groups in total. The number of nitrogens with one attached hydrogen (secondary N) is 1. The third-order valence-corrected chi connectivity index (χ3v) is 5.42. The fraction of sp³-hybridized carbons (Fsp3) is 0.294. The van der Waals surface area contributed by atoms with Crippen LogP contribution in [0.15, 0.2) is 42.5 Å². The van der Waals surface area contributed by atoms with Gasteiger partial charge in [0.15, 0.2) is 0 Å². The van der Waals surface area contributed by atoms with Crippen LogP contribution in [0.25, 0.3) is 21.8 Å². The molecule has 0 fully saturated rings. The zero-order valence-corrected chi connectivity index (χ0v) is 12.9. The monoisotopic (exact) mass is 315 g/mol. The van der Waals surface area contributed by atoms with Crippen LogP contribution in [0.1, 0.15) is 30.7 Å². The highest BCUT2D eigenvalue weighted by molar-refractivity contribution is 9.09. The maximum atomic E-state index is 3.84. The van der Waals surface area contributed by atoms with Gasteiger partial charge in [-0.05, 0) is 29.7 Å². The number of aromatic nitrogens is 1. The lowest BCUT2D eigenvalue weighted by molar-refractivity contribution is 0.556. The molecule has 3 rings (SSSR count). The van der Waals surface area contributed by atoms with Gasteiger partial charge in [0.1, 0.15) is 0 Å². The largest absolute Gasteiger partial charge is 0.355 e. The summed E-state index contributed by atoms with van der Waals surface area (Å²) in [6, 6.07) is 15.2. The van der Waals surface area contributed by atoms with Crippen molar-refractivity contribution in [2.24, 2.45) is 5.92 Å². The van der Waals surface area contributed by atoms with E-state index in [1.54, 1.807) is 0 Å². The van der Waals surface area contributed by atoms with Gasteiger partial charge in [-0.25, -0.2) is 0 Å². The van der Waals surface area contributed by atoms with E-state index in [0.29, 0.717) is 10.7 Å². The Hall–Kier alpha value is -1.28. The number of fused-ring (bicyclic) bond motifs is 3. The fourth-order valence-corrected chi connectivity index (χ4v) is 3.23. The molecule has 2 aromatic carbocycles. The molecular weight excluding hydrogens is 298 g/mol. The zero-order chi connectivity index (χ0) is 13.4. The lowest BCUT2D eigenvalue weighted by atomic mass is 9.97. The van der Waals surface area contributed by atoms with Gasteiger partial charge in [-0.1, -0.05) is 60.5 Å². The third-order valence-electron chi connectivity index (χ3n) is 3.99. The number of hydrogen-bond donors (Lipinski definition) is 1. The molecule has 0 aliphatic carbocycles. The van der Waals surface area contributed by atoms with Crippen molar-refractivity contribution >= 4 is 37.7 Å². The first-order valence-corrected chi connectivity index (χ1v) is 7.76. The number of H-pyrrole nitrogens is 1. The van der Waals surface area contributed by atoms with Crippen LogP contribution in [0.5, 0.6) is 0 Å². The Kier molecular flexibility index (Phi) is 3.36. The molecule has 1 heterocycles.